The van der Waals surface area contributed by atoms with Crippen molar-refractivity contribution in [2.24, 2.45) is 5.73 Å². The third-order valence-corrected chi connectivity index (χ3v) is 3.75. The van der Waals surface area contributed by atoms with Gasteiger partial charge >= 0.3 is 0 Å². The Hall–Kier alpha value is -0.810. The highest BCUT2D eigenvalue weighted by Gasteiger charge is 2.46. The van der Waals surface area contributed by atoms with Crippen molar-refractivity contribution < 1.29 is 14.2 Å². The maximum absolute atomic E-state index is 13.6. The van der Waals surface area contributed by atoms with Gasteiger partial charge in [-0.15, -0.1) is 0 Å². The molecule has 0 atom stereocenters. The van der Waals surface area contributed by atoms with Gasteiger partial charge in [-0.3, -0.25) is 0 Å². The fourth-order valence-electron chi connectivity index (χ4n) is 1.92. The molecule has 0 spiro atoms. The predicted octanol–water partition coefficient (Wildman–Crippen LogP) is 2.29. The Kier molecular flexibility index (Phi) is 2.84. The van der Waals surface area contributed by atoms with Crippen molar-refractivity contribution >= 4 is 15.9 Å². The number of phenols is 1. The van der Waals surface area contributed by atoms with Crippen molar-refractivity contribution in [3.05, 3.63) is 21.9 Å². The number of phenolic OH excluding ortho intramolecular Hbond substituents is 1. The molecule has 0 unspecified atom stereocenters. The van der Waals surface area contributed by atoms with E-state index in [1.54, 1.807) is 6.07 Å². The zero-order valence-electron chi connectivity index (χ0n) is 8.89. The predicted molar refractivity (Wildman–Crippen MR) is 62.3 cm³/mol. The normalized spacial score (nSPS) is 17.2. The van der Waals surface area contributed by atoms with Gasteiger partial charge in [0.2, 0.25) is 0 Å². The summed E-state index contributed by atoms with van der Waals surface area (Å²) in [5, 5.41) is 9.96. The van der Waals surface area contributed by atoms with Crippen LogP contribution in [0.5, 0.6) is 11.5 Å². The first kappa shape index (κ1) is 11.7. The lowest BCUT2D eigenvalue weighted by Gasteiger charge is -2.17. The number of ether oxygens (including phenoxy) is 1. The first-order chi connectivity index (χ1) is 7.55. The van der Waals surface area contributed by atoms with Gasteiger partial charge in [0.1, 0.15) is 0 Å². The van der Waals surface area contributed by atoms with Crippen molar-refractivity contribution in [3.63, 3.8) is 0 Å². The fourth-order valence-corrected chi connectivity index (χ4v) is 2.33. The molecule has 1 aromatic rings. The fraction of sp³-hybridized carbons (Fsp3) is 0.455. The topological polar surface area (TPSA) is 55.5 Å². The highest BCUT2D eigenvalue weighted by molar-refractivity contribution is 9.10. The summed E-state index contributed by atoms with van der Waals surface area (Å²) in [6.07, 6.45) is 1.83. The van der Waals surface area contributed by atoms with Crippen molar-refractivity contribution in [3.8, 4) is 11.5 Å². The van der Waals surface area contributed by atoms with E-state index in [4.69, 9.17) is 10.5 Å². The Balaban J connectivity index is 2.59. The number of nitrogens with two attached hydrogens (primary N) is 1. The van der Waals surface area contributed by atoms with Crippen LogP contribution in [-0.2, 0) is 5.41 Å². The van der Waals surface area contributed by atoms with Crippen LogP contribution in [0.2, 0.25) is 0 Å². The molecule has 0 aromatic heterocycles. The minimum absolute atomic E-state index is 0.121. The standard InChI is InChI=1S/C11H13BrFNO2/c1-16-10-8(13)7(12)4-6(9(10)15)11(5-14)2-3-11/h4,15H,2-3,5,14H2,1H3. The molecule has 0 aliphatic heterocycles. The third kappa shape index (κ3) is 1.58. The first-order valence-electron chi connectivity index (χ1n) is 5.01. The Morgan fingerprint density at radius 1 is 1.62 bits per heavy atom. The Morgan fingerprint density at radius 3 is 2.69 bits per heavy atom. The van der Waals surface area contributed by atoms with E-state index in [2.05, 4.69) is 15.9 Å². The van der Waals surface area contributed by atoms with E-state index in [1.807, 2.05) is 0 Å². The van der Waals surface area contributed by atoms with Crippen LogP contribution >= 0.6 is 15.9 Å². The highest BCUT2D eigenvalue weighted by Crippen LogP contribution is 2.53. The minimum Gasteiger partial charge on any atom is -0.504 e. The Bertz CT molecular complexity index is 432. The second-order valence-electron chi connectivity index (χ2n) is 4.09. The van der Waals surface area contributed by atoms with Gasteiger partial charge < -0.3 is 15.6 Å². The molecule has 3 N–H and O–H groups in total. The molecular formula is C11H13BrFNO2. The molecule has 88 valence electrons. The van der Waals surface area contributed by atoms with Crippen molar-refractivity contribution in [2.45, 2.75) is 18.3 Å². The van der Waals surface area contributed by atoms with Gasteiger partial charge in [-0.2, -0.15) is 0 Å². The van der Waals surface area contributed by atoms with Gasteiger partial charge in [-0.1, -0.05) is 0 Å². The molecule has 16 heavy (non-hydrogen) atoms. The van der Waals surface area contributed by atoms with Crippen molar-refractivity contribution in [1.29, 1.82) is 0 Å². The Labute approximate surface area is 102 Å². The molecule has 0 heterocycles. The number of benzene rings is 1. The number of methoxy groups -OCH3 is 1. The van der Waals surface area contributed by atoms with E-state index in [0.717, 1.165) is 12.8 Å². The lowest BCUT2D eigenvalue weighted by molar-refractivity contribution is 0.345. The zero-order chi connectivity index (χ0) is 11.9. The van der Waals surface area contributed by atoms with Crippen LogP contribution in [-0.4, -0.2) is 18.8 Å². The molecule has 1 aliphatic carbocycles. The van der Waals surface area contributed by atoms with Gasteiger partial charge in [0.15, 0.2) is 17.3 Å². The largest absolute Gasteiger partial charge is 0.504 e. The van der Waals surface area contributed by atoms with Gasteiger partial charge in [-0.05, 0) is 34.8 Å². The number of rotatable bonds is 3. The summed E-state index contributed by atoms with van der Waals surface area (Å²) in [5.41, 5.74) is 6.15. The second-order valence-corrected chi connectivity index (χ2v) is 4.94. The smallest absolute Gasteiger partial charge is 0.198 e. The lowest BCUT2D eigenvalue weighted by atomic mass is 9.94. The van der Waals surface area contributed by atoms with E-state index in [9.17, 15) is 9.50 Å². The van der Waals surface area contributed by atoms with E-state index < -0.39 is 5.82 Å². The maximum Gasteiger partial charge on any atom is 0.198 e. The van der Waals surface area contributed by atoms with Crippen LogP contribution in [0.3, 0.4) is 0 Å². The minimum atomic E-state index is -0.587. The van der Waals surface area contributed by atoms with Gasteiger partial charge in [-0.25, -0.2) is 4.39 Å². The molecule has 1 aromatic carbocycles. The van der Waals surface area contributed by atoms with Crippen LogP contribution in [0, 0.1) is 5.82 Å². The molecule has 1 fully saturated rings. The third-order valence-electron chi connectivity index (χ3n) is 3.17. The van der Waals surface area contributed by atoms with Crippen molar-refractivity contribution in [1.82, 2.24) is 0 Å². The monoisotopic (exact) mass is 289 g/mol. The molecule has 3 nitrogen and oxygen atoms in total. The molecule has 0 saturated heterocycles. The van der Waals surface area contributed by atoms with Crippen LogP contribution in [0.4, 0.5) is 4.39 Å². The summed E-state index contributed by atoms with van der Waals surface area (Å²) in [6, 6.07) is 1.59. The highest BCUT2D eigenvalue weighted by atomic mass is 79.9. The van der Waals surface area contributed by atoms with Crippen LogP contribution < -0.4 is 10.5 Å². The van der Waals surface area contributed by atoms with Crippen molar-refractivity contribution in [2.75, 3.05) is 13.7 Å². The van der Waals surface area contributed by atoms with Crippen LogP contribution in [0.25, 0.3) is 0 Å². The molecular weight excluding hydrogens is 277 g/mol. The number of aromatic hydroxyl groups is 1. The summed E-state index contributed by atoms with van der Waals surface area (Å²) in [5.74, 6) is -0.841. The maximum atomic E-state index is 13.6. The number of hydrogen-bond donors (Lipinski definition) is 2. The SMILES string of the molecule is COc1c(O)c(C2(CN)CC2)cc(Br)c1F. The summed E-state index contributed by atoms with van der Waals surface area (Å²) < 4.78 is 18.7. The summed E-state index contributed by atoms with van der Waals surface area (Å²) in [7, 11) is 1.33. The average Bonchev–Trinajstić information content (AvgIpc) is 3.05. The summed E-state index contributed by atoms with van der Waals surface area (Å²) in [4.78, 5) is 0. The van der Waals surface area contributed by atoms with E-state index in [-0.39, 0.29) is 21.4 Å². The van der Waals surface area contributed by atoms with E-state index >= 15 is 0 Å². The van der Waals surface area contributed by atoms with Crippen LogP contribution in [0.15, 0.2) is 10.5 Å². The number of halogens is 2. The Morgan fingerprint density at radius 2 is 2.25 bits per heavy atom. The molecule has 0 bridgehead atoms. The second kappa shape index (κ2) is 3.89. The first-order valence-corrected chi connectivity index (χ1v) is 5.80. The summed E-state index contributed by atoms with van der Waals surface area (Å²) >= 11 is 3.11. The van der Waals surface area contributed by atoms with E-state index in [1.165, 1.54) is 7.11 Å². The summed E-state index contributed by atoms with van der Waals surface area (Å²) in [6.45, 7) is 0.446. The molecule has 2 rings (SSSR count). The average molecular weight is 290 g/mol. The lowest BCUT2D eigenvalue weighted by Crippen LogP contribution is -2.20. The molecule has 1 aliphatic rings. The van der Waals surface area contributed by atoms with Crippen LogP contribution in [0.1, 0.15) is 18.4 Å². The van der Waals surface area contributed by atoms with Gasteiger partial charge in [0, 0.05) is 17.5 Å². The molecule has 1 saturated carbocycles. The van der Waals surface area contributed by atoms with E-state index in [0.29, 0.717) is 12.1 Å². The van der Waals surface area contributed by atoms with Gasteiger partial charge in [0.05, 0.1) is 11.6 Å². The molecule has 0 amide bonds. The number of hydrogen-bond acceptors (Lipinski definition) is 3. The van der Waals surface area contributed by atoms with Gasteiger partial charge in [0.25, 0.3) is 0 Å². The zero-order valence-corrected chi connectivity index (χ0v) is 10.5. The molecule has 0 radical (unpaired) electrons. The molecule has 5 heteroatoms. The quantitative estimate of drug-likeness (QED) is 0.898.